The van der Waals surface area contributed by atoms with Crippen LogP contribution in [0.2, 0.25) is 0 Å². The first-order chi connectivity index (χ1) is 18.0. The largest absolute Gasteiger partial charge is 0.467 e. The number of nitrogens with zero attached hydrogens (tertiary/aromatic N) is 5. The molecule has 0 saturated heterocycles. The number of nitrogens with one attached hydrogen (secondary N) is 1. The number of rotatable bonds is 10. The molecule has 1 N–H and O–H groups in total. The third-order valence-electron chi connectivity index (χ3n) is 6.98. The highest BCUT2D eigenvalue weighted by molar-refractivity contribution is 5.83. The summed E-state index contributed by atoms with van der Waals surface area (Å²) < 4.78 is 7.35. The van der Waals surface area contributed by atoms with Gasteiger partial charge < -0.3 is 9.40 Å². The number of hydrogen-bond acceptors (Lipinski definition) is 6. The Hall–Kier alpha value is -4.04. The highest BCUT2D eigenvalue weighted by Crippen LogP contribution is 2.28. The number of fused-ring (bicyclic) bond motifs is 1. The Morgan fingerprint density at radius 3 is 2.65 bits per heavy atom. The molecule has 0 bridgehead atoms. The third-order valence-corrected chi connectivity index (χ3v) is 6.98. The minimum Gasteiger partial charge on any atom is -0.467 e. The molecular formula is C29H32N6O2. The zero-order chi connectivity index (χ0) is 25.8. The number of aryl methyl sites for hydroxylation is 2. The number of aromatic amines is 1. The maximum Gasteiger partial charge on any atom is 0.252 e. The second kappa shape index (κ2) is 10.9. The predicted octanol–water partition coefficient (Wildman–Crippen LogP) is 5.32. The molecule has 8 heteroatoms. The summed E-state index contributed by atoms with van der Waals surface area (Å²) >= 11 is 0. The molecule has 0 aliphatic rings. The molecule has 8 nitrogen and oxygen atoms in total. The van der Waals surface area contributed by atoms with Crippen molar-refractivity contribution in [2.75, 3.05) is 0 Å². The van der Waals surface area contributed by atoms with Crippen molar-refractivity contribution in [2.45, 2.75) is 59.3 Å². The Morgan fingerprint density at radius 2 is 1.89 bits per heavy atom. The van der Waals surface area contributed by atoms with E-state index in [1.54, 1.807) is 10.9 Å². The standard InChI is InChI=1S/C29H32N6O2/c1-4-9-26(28-31-32-33-35(28)19-25-12-8-15-37-25)34(17-22-10-6-5-7-11-22)18-24-16-23-14-13-20(2)21(3)27(23)30-29(24)36/h5-8,10-16,26H,4,9,17-19H2,1-3H3,(H,30,36)/t26-/m0/s1. The van der Waals surface area contributed by atoms with E-state index >= 15 is 0 Å². The van der Waals surface area contributed by atoms with Crippen LogP contribution in [0.5, 0.6) is 0 Å². The van der Waals surface area contributed by atoms with E-state index in [9.17, 15) is 4.79 Å². The quantitative estimate of drug-likeness (QED) is 0.281. The van der Waals surface area contributed by atoms with Gasteiger partial charge in [0.1, 0.15) is 12.3 Å². The van der Waals surface area contributed by atoms with E-state index in [0.29, 0.717) is 19.6 Å². The number of furan rings is 1. The van der Waals surface area contributed by atoms with Gasteiger partial charge in [0.25, 0.3) is 5.56 Å². The molecule has 0 aliphatic carbocycles. The van der Waals surface area contributed by atoms with Crippen LogP contribution < -0.4 is 5.56 Å². The van der Waals surface area contributed by atoms with Gasteiger partial charge in [0.05, 0.1) is 17.8 Å². The number of H-pyrrole nitrogens is 1. The maximum absolute atomic E-state index is 13.3. The van der Waals surface area contributed by atoms with Crippen LogP contribution in [0.4, 0.5) is 0 Å². The lowest BCUT2D eigenvalue weighted by Crippen LogP contribution is -2.32. The summed E-state index contributed by atoms with van der Waals surface area (Å²) in [6, 6.07) is 20.2. The minimum atomic E-state index is -0.0926. The van der Waals surface area contributed by atoms with Crippen LogP contribution in [0.25, 0.3) is 10.9 Å². The summed E-state index contributed by atoms with van der Waals surface area (Å²) in [5, 5.41) is 13.8. The summed E-state index contributed by atoms with van der Waals surface area (Å²) in [7, 11) is 0. The van der Waals surface area contributed by atoms with Crippen LogP contribution in [0.3, 0.4) is 0 Å². The van der Waals surface area contributed by atoms with E-state index in [2.05, 4.69) is 63.5 Å². The molecular weight excluding hydrogens is 464 g/mol. The summed E-state index contributed by atoms with van der Waals surface area (Å²) in [6.07, 6.45) is 3.44. The Morgan fingerprint density at radius 1 is 1.05 bits per heavy atom. The average Bonchev–Trinajstić information content (AvgIpc) is 3.59. The van der Waals surface area contributed by atoms with Crippen molar-refractivity contribution in [3.8, 4) is 0 Å². The number of pyridine rings is 1. The highest BCUT2D eigenvalue weighted by atomic mass is 16.3. The van der Waals surface area contributed by atoms with Crippen molar-refractivity contribution in [1.29, 1.82) is 0 Å². The second-order valence-electron chi connectivity index (χ2n) is 9.56. The molecule has 0 spiro atoms. The smallest absolute Gasteiger partial charge is 0.252 e. The molecule has 5 aromatic rings. The lowest BCUT2D eigenvalue weighted by Gasteiger charge is -2.31. The first kappa shape index (κ1) is 24.6. The van der Waals surface area contributed by atoms with Gasteiger partial charge in [-0.05, 0) is 71.0 Å². The Kier molecular flexibility index (Phi) is 7.28. The van der Waals surface area contributed by atoms with Crippen LogP contribution in [0.1, 0.15) is 59.6 Å². The SMILES string of the molecule is CCC[C@@H](c1nnnn1Cc1ccco1)N(Cc1ccccc1)Cc1cc2ccc(C)c(C)c2[nH]c1=O. The Labute approximate surface area is 215 Å². The van der Waals surface area contributed by atoms with Crippen molar-refractivity contribution in [2.24, 2.45) is 0 Å². The molecule has 5 rings (SSSR count). The molecule has 3 aromatic heterocycles. The van der Waals surface area contributed by atoms with Crippen molar-refractivity contribution in [1.82, 2.24) is 30.1 Å². The minimum absolute atomic E-state index is 0.0651. The molecule has 0 aliphatic heterocycles. The summed E-state index contributed by atoms with van der Waals surface area (Å²) in [5.41, 5.74) is 4.98. The molecule has 3 heterocycles. The average molecular weight is 497 g/mol. The number of aromatic nitrogens is 5. The van der Waals surface area contributed by atoms with Gasteiger partial charge in [-0.2, -0.15) is 0 Å². The molecule has 0 radical (unpaired) electrons. The van der Waals surface area contributed by atoms with Gasteiger partial charge in [-0.3, -0.25) is 9.69 Å². The Bertz CT molecular complexity index is 1520. The molecule has 0 unspecified atom stereocenters. The van der Waals surface area contributed by atoms with Crippen molar-refractivity contribution in [3.05, 3.63) is 111 Å². The van der Waals surface area contributed by atoms with Gasteiger partial charge in [-0.1, -0.05) is 55.8 Å². The van der Waals surface area contributed by atoms with Crippen LogP contribution >= 0.6 is 0 Å². The van der Waals surface area contributed by atoms with Crippen LogP contribution in [-0.2, 0) is 19.6 Å². The van der Waals surface area contributed by atoms with E-state index in [0.717, 1.165) is 57.6 Å². The van der Waals surface area contributed by atoms with Crippen LogP contribution in [0, 0.1) is 13.8 Å². The van der Waals surface area contributed by atoms with Gasteiger partial charge in [0.15, 0.2) is 5.82 Å². The molecule has 1 atom stereocenters. The number of hydrogen-bond donors (Lipinski definition) is 1. The molecule has 0 amide bonds. The maximum atomic E-state index is 13.3. The third kappa shape index (κ3) is 5.39. The van der Waals surface area contributed by atoms with Gasteiger partial charge in [0, 0.05) is 18.7 Å². The Balaban J connectivity index is 1.55. The molecule has 190 valence electrons. The zero-order valence-electron chi connectivity index (χ0n) is 21.5. The van der Waals surface area contributed by atoms with E-state index in [4.69, 9.17) is 4.42 Å². The lowest BCUT2D eigenvalue weighted by atomic mass is 10.0. The first-order valence-corrected chi connectivity index (χ1v) is 12.7. The summed E-state index contributed by atoms with van der Waals surface area (Å²) in [4.78, 5) is 18.7. The lowest BCUT2D eigenvalue weighted by molar-refractivity contribution is 0.155. The van der Waals surface area contributed by atoms with Gasteiger partial charge in [0.2, 0.25) is 0 Å². The van der Waals surface area contributed by atoms with E-state index in [1.807, 2.05) is 43.3 Å². The molecule has 0 saturated carbocycles. The van der Waals surface area contributed by atoms with Crippen LogP contribution in [-0.4, -0.2) is 30.1 Å². The van der Waals surface area contributed by atoms with Crippen molar-refractivity contribution < 1.29 is 4.42 Å². The molecule has 37 heavy (non-hydrogen) atoms. The van der Waals surface area contributed by atoms with Crippen molar-refractivity contribution in [3.63, 3.8) is 0 Å². The van der Waals surface area contributed by atoms with Gasteiger partial charge in [-0.15, -0.1) is 5.10 Å². The van der Waals surface area contributed by atoms with Gasteiger partial charge in [-0.25, -0.2) is 4.68 Å². The monoisotopic (exact) mass is 496 g/mol. The van der Waals surface area contributed by atoms with E-state index < -0.39 is 0 Å². The second-order valence-corrected chi connectivity index (χ2v) is 9.56. The summed E-state index contributed by atoms with van der Waals surface area (Å²) in [6.45, 7) is 7.83. The molecule has 0 fully saturated rings. The first-order valence-electron chi connectivity index (χ1n) is 12.7. The van der Waals surface area contributed by atoms with E-state index in [-0.39, 0.29) is 11.6 Å². The normalized spacial score (nSPS) is 12.4. The van der Waals surface area contributed by atoms with E-state index in [1.165, 1.54) is 0 Å². The fourth-order valence-corrected chi connectivity index (χ4v) is 4.86. The molecule has 2 aromatic carbocycles. The highest BCUT2D eigenvalue weighted by Gasteiger charge is 2.27. The van der Waals surface area contributed by atoms with Crippen LogP contribution in [0.15, 0.2) is 76.1 Å². The topological polar surface area (TPSA) is 92.8 Å². The predicted molar refractivity (Wildman–Crippen MR) is 143 cm³/mol. The summed E-state index contributed by atoms with van der Waals surface area (Å²) in [5.74, 6) is 1.55. The fraction of sp³-hybridized carbons (Fsp3) is 0.310. The zero-order valence-corrected chi connectivity index (χ0v) is 21.5. The van der Waals surface area contributed by atoms with Gasteiger partial charge >= 0.3 is 0 Å². The van der Waals surface area contributed by atoms with Crippen molar-refractivity contribution >= 4 is 10.9 Å². The number of tetrazole rings is 1. The fourth-order valence-electron chi connectivity index (χ4n) is 4.86. The number of benzene rings is 2.